The van der Waals surface area contributed by atoms with E-state index in [1.807, 2.05) is 28.8 Å². The number of nitrogens with zero attached hydrogens (tertiary/aromatic N) is 5. The van der Waals surface area contributed by atoms with E-state index < -0.39 is 0 Å². The number of hydrogen-bond acceptors (Lipinski definition) is 4. The monoisotopic (exact) mass is 285 g/mol. The minimum Gasteiger partial charge on any atom is -0.268 e. The van der Waals surface area contributed by atoms with Gasteiger partial charge in [-0.15, -0.1) is 0 Å². The van der Waals surface area contributed by atoms with Crippen molar-refractivity contribution in [2.45, 2.75) is 46.6 Å². The van der Waals surface area contributed by atoms with E-state index >= 15 is 0 Å². The van der Waals surface area contributed by atoms with Gasteiger partial charge in [0.25, 0.3) is 0 Å². The lowest BCUT2D eigenvalue weighted by Gasteiger charge is -2.25. The molecule has 0 aliphatic heterocycles. The Labute approximate surface area is 126 Å². The molecule has 0 N–H and O–H groups in total. The molecular weight excluding hydrogens is 262 g/mol. The highest BCUT2D eigenvalue weighted by molar-refractivity contribution is 5.41. The SMILES string of the molecule is C=NN(/C(=C\C)Cc1cn2ncc(CC)cc2n1)C(C)C. The zero-order valence-electron chi connectivity index (χ0n) is 13.2. The quantitative estimate of drug-likeness (QED) is 0.605. The Morgan fingerprint density at radius 2 is 2.29 bits per heavy atom. The molecule has 0 radical (unpaired) electrons. The van der Waals surface area contributed by atoms with Crippen molar-refractivity contribution in [3.05, 3.63) is 41.5 Å². The third kappa shape index (κ3) is 3.29. The maximum absolute atomic E-state index is 4.66. The lowest BCUT2D eigenvalue weighted by Crippen LogP contribution is -2.25. The number of aryl methyl sites for hydroxylation is 1. The van der Waals surface area contributed by atoms with Gasteiger partial charge < -0.3 is 0 Å². The number of imidazole rings is 1. The van der Waals surface area contributed by atoms with Crippen molar-refractivity contribution in [2.75, 3.05) is 0 Å². The van der Waals surface area contributed by atoms with Crippen molar-refractivity contribution in [3.63, 3.8) is 0 Å². The minimum absolute atomic E-state index is 0.274. The lowest BCUT2D eigenvalue weighted by molar-refractivity contribution is 0.293. The van der Waals surface area contributed by atoms with E-state index in [0.29, 0.717) is 0 Å². The molecule has 0 spiro atoms. The van der Waals surface area contributed by atoms with Gasteiger partial charge >= 0.3 is 0 Å². The molecule has 5 nitrogen and oxygen atoms in total. The first-order valence-corrected chi connectivity index (χ1v) is 7.33. The van der Waals surface area contributed by atoms with Gasteiger partial charge in [-0.2, -0.15) is 10.2 Å². The van der Waals surface area contributed by atoms with Gasteiger partial charge in [0.2, 0.25) is 0 Å². The number of aromatic nitrogens is 3. The van der Waals surface area contributed by atoms with Gasteiger partial charge in [0.15, 0.2) is 5.65 Å². The van der Waals surface area contributed by atoms with Gasteiger partial charge in [-0.3, -0.25) is 5.01 Å². The molecule has 2 heterocycles. The molecule has 21 heavy (non-hydrogen) atoms. The molecule has 0 bridgehead atoms. The largest absolute Gasteiger partial charge is 0.268 e. The lowest BCUT2D eigenvalue weighted by atomic mass is 10.2. The highest BCUT2D eigenvalue weighted by Crippen LogP contribution is 2.16. The van der Waals surface area contributed by atoms with E-state index in [0.717, 1.165) is 29.9 Å². The Bertz CT molecular complexity index is 654. The van der Waals surface area contributed by atoms with E-state index in [2.05, 4.69) is 54.8 Å². The van der Waals surface area contributed by atoms with E-state index in [4.69, 9.17) is 0 Å². The number of fused-ring (bicyclic) bond motifs is 1. The number of allylic oxidation sites excluding steroid dienone is 2. The normalized spacial score (nSPS) is 12.1. The molecule has 0 aromatic carbocycles. The molecule has 2 aromatic rings. The van der Waals surface area contributed by atoms with Crippen molar-refractivity contribution >= 4 is 12.4 Å². The molecule has 2 rings (SSSR count). The molecule has 112 valence electrons. The van der Waals surface area contributed by atoms with Gasteiger partial charge in [-0.05, 0) is 38.8 Å². The van der Waals surface area contributed by atoms with Crippen LogP contribution in [0.25, 0.3) is 5.65 Å². The Balaban J connectivity index is 2.27. The minimum atomic E-state index is 0.274. The zero-order valence-corrected chi connectivity index (χ0v) is 13.2. The van der Waals surface area contributed by atoms with E-state index in [-0.39, 0.29) is 6.04 Å². The second kappa shape index (κ2) is 6.52. The summed E-state index contributed by atoms with van der Waals surface area (Å²) < 4.78 is 1.82. The van der Waals surface area contributed by atoms with Crippen LogP contribution in [0.1, 0.15) is 39.0 Å². The van der Waals surface area contributed by atoms with Crippen LogP contribution in [0.15, 0.2) is 35.3 Å². The summed E-state index contributed by atoms with van der Waals surface area (Å²) in [6, 6.07) is 2.35. The third-order valence-electron chi connectivity index (χ3n) is 3.47. The molecule has 2 aromatic heterocycles. The molecule has 5 heteroatoms. The summed E-state index contributed by atoms with van der Waals surface area (Å²) in [5, 5.41) is 10.4. The van der Waals surface area contributed by atoms with Crippen LogP contribution in [0, 0.1) is 0 Å². The molecule has 0 saturated carbocycles. The Kier molecular flexibility index (Phi) is 4.73. The van der Waals surface area contributed by atoms with Crippen LogP contribution in [-0.2, 0) is 12.8 Å². The summed E-state index contributed by atoms with van der Waals surface area (Å²) in [7, 11) is 0. The molecule has 0 unspecified atom stereocenters. The number of hydrazone groups is 1. The second-order valence-corrected chi connectivity index (χ2v) is 5.29. The third-order valence-corrected chi connectivity index (χ3v) is 3.47. The summed E-state index contributed by atoms with van der Waals surface area (Å²) in [5.41, 5.74) is 4.17. The summed E-state index contributed by atoms with van der Waals surface area (Å²) in [6.07, 6.45) is 7.61. The molecule has 0 atom stereocenters. The summed E-state index contributed by atoms with van der Waals surface area (Å²) in [6.45, 7) is 12.0. The summed E-state index contributed by atoms with van der Waals surface area (Å²) in [5.74, 6) is 0. The average molecular weight is 285 g/mol. The Hall–Kier alpha value is -2.17. The predicted molar refractivity (Wildman–Crippen MR) is 86.4 cm³/mol. The van der Waals surface area contributed by atoms with E-state index in [9.17, 15) is 0 Å². The fraction of sp³-hybridized carbons (Fsp3) is 0.438. The van der Waals surface area contributed by atoms with Gasteiger partial charge in [0.05, 0.1) is 18.1 Å². The van der Waals surface area contributed by atoms with Crippen LogP contribution in [0.4, 0.5) is 0 Å². The number of rotatable bonds is 6. The second-order valence-electron chi connectivity index (χ2n) is 5.29. The van der Waals surface area contributed by atoms with Crippen LogP contribution < -0.4 is 0 Å². The first-order chi connectivity index (χ1) is 10.1. The zero-order chi connectivity index (χ0) is 15.4. The molecule has 0 amide bonds. The van der Waals surface area contributed by atoms with E-state index in [1.165, 1.54) is 5.56 Å². The molecular formula is C16H23N5. The van der Waals surface area contributed by atoms with Crippen LogP contribution in [0.5, 0.6) is 0 Å². The van der Waals surface area contributed by atoms with Gasteiger partial charge in [0.1, 0.15) is 0 Å². The average Bonchev–Trinajstić information content (AvgIpc) is 2.87. The Morgan fingerprint density at radius 1 is 1.52 bits per heavy atom. The first kappa shape index (κ1) is 15.2. The number of hydrogen-bond donors (Lipinski definition) is 0. The van der Waals surface area contributed by atoms with Crippen molar-refractivity contribution < 1.29 is 0 Å². The summed E-state index contributed by atoms with van der Waals surface area (Å²) in [4.78, 5) is 4.66. The van der Waals surface area contributed by atoms with Crippen LogP contribution >= 0.6 is 0 Å². The molecule has 0 fully saturated rings. The highest BCUT2D eigenvalue weighted by Gasteiger charge is 2.13. The van der Waals surface area contributed by atoms with Crippen LogP contribution in [0.2, 0.25) is 0 Å². The van der Waals surface area contributed by atoms with Gasteiger partial charge in [-0.25, -0.2) is 9.50 Å². The molecule has 0 aliphatic rings. The fourth-order valence-corrected chi connectivity index (χ4v) is 2.33. The van der Waals surface area contributed by atoms with Crippen LogP contribution in [0.3, 0.4) is 0 Å². The van der Waals surface area contributed by atoms with Gasteiger partial charge in [0, 0.05) is 24.9 Å². The summed E-state index contributed by atoms with van der Waals surface area (Å²) >= 11 is 0. The maximum atomic E-state index is 4.66. The Morgan fingerprint density at radius 3 is 2.86 bits per heavy atom. The predicted octanol–water partition coefficient (Wildman–Crippen LogP) is 3.06. The van der Waals surface area contributed by atoms with Crippen molar-refractivity contribution in [1.29, 1.82) is 0 Å². The van der Waals surface area contributed by atoms with Gasteiger partial charge in [-0.1, -0.05) is 13.0 Å². The van der Waals surface area contributed by atoms with Crippen molar-refractivity contribution in [3.8, 4) is 0 Å². The topological polar surface area (TPSA) is 45.8 Å². The fourth-order valence-electron chi connectivity index (χ4n) is 2.33. The van der Waals surface area contributed by atoms with E-state index in [1.54, 1.807) is 0 Å². The smallest absolute Gasteiger partial charge is 0.154 e. The standard InChI is InChI=1S/C16H23N5/c1-6-13-8-16-19-14(11-20(16)18-10-13)9-15(7-2)21(17-5)12(3)4/h7-8,10-12H,5-6,9H2,1-4H3/b15-7-. The highest BCUT2D eigenvalue weighted by atomic mass is 15.5. The van der Waals surface area contributed by atoms with Crippen molar-refractivity contribution in [2.24, 2.45) is 5.10 Å². The first-order valence-electron chi connectivity index (χ1n) is 7.33. The maximum Gasteiger partial charge on any atom is 0.154 e. The molecule has 0 aliphatic carbocycles. The molecule has 0 saturated heterocycles. The van der Waals surface area contributed by atoms with Crippen LogP contribution in [-0.4, -0.2) is 32.4 Å². The van der Waals surface area contributed by atoms with Crippen molar-refractivity contribution in [1.82, 2.24) is 19.6 Å².